The van der Waals surface area contributed by atoms with Crippen LogP contribution in [-0.4, -0.2) is 40.9 Å². The lowest BCUT2D eigenvalue weighted by Crippen LogP contribution is -2.49. The maximum absolute atomic E-state index is 12.6. The van der Waals surface area contributed by atoms with E-state index >= 15 is 0 Å². The summed E-state index contributed by atoms with van der Waals surface area (Å²) in [4.78, 5) is 38.5. The van der Waals surface area contributed by atoms with Crippen molar-refractivity contribution in [3.05, 3.63) is 0 Å². The molecule has 6 nitrogen and oxygen atoms in total. The van der Waals surface area contributed by atoms with E-state index in [0.717, 1.165) is 41.9 Å². The molecule has 0 unspecified atom stereocenters. The molecular formula is C19H27N3O3. The quantitative estimate of drug-likeness (QED) is 0.761. The highest BCUT2D eigenvalue weighted by molar-refractivity contribution is 6.09. The molecule has 6 heteroatoms. The summed E-state index contributed by atoms with van der Waals surface area (Å²) in [5, 5.41) is 5.96. The number of nitrogens with one attached hydrogen (secondary N) is 2. The largest absolute Gasteiger partial charge is 0.352 e. The smallest absolute Gasteiger partial charge is 0.325 e. The van der Waals surface area contributed by atoms with Gasteiger partial charge in [-0.1, -0.05) is 6.42 Å². The zero-order valence-corrected chi connectivity index (χ0v) is 14.8. The van der Waals surface area contributed by atoms with Gasteiger partial charge in [-0.05, 0) is 75.0 Å². The molecule has 6 atom stereocenters. The molecule has 0 radical (unpaired) electrons. The summed E-state index contributed by atoms with van der Waals surface area (Å²) in [5.74, 6) is 2.87. The van der Waals surface area contributed by atoms with E-state index in [1.54, 1.807) is 6.92 Å². The van der Waals surface area contributed by atoms with Crippen molar-refractivity contribution >= 4 is 17.8 Å². The molecule has 1 aliphatic heterocycles. The molecule has 5 rings (SSSR count). The average molecular weight is 345 g/mol. The molecule has 136 valence electrons. The Bertz CT molecular complexity index is 646. The highest BCUT2D eigenvalue weighted by Crippen LogP contribution is 2.58. The minimum atomic E-state index is -0.805. The summed E-state index contributed by atoms with van der Waals surface area (Å²) < 4.78 is 0. The van der Waals surface area contributed by atoms with Crippen LogP contribution in [-0.2, 0) is 9.59 Å². The van der Waals surface area contributed by atoms with Gasteiger partial charge >= 0.3 is 6.03 Å². The van der Waals surface area contributed by atoms with Crippen molar-refractivity contribution in [2.24, 2.45) is 29.6 Å². The zero-order chi connectivity index (χ0) is 17.3. The molecular weight excluding hydrogens is 318 g/mol. The van der Waals surface area contributed by atoms with E-state index in [9.17, 15) is 14.4 Å². The second kappa shape index (κ2) is 5.21. The molecule has 4 aliphatic carbocycles. The molecule has 4 amide bonds. The number of nitrogens with zero attached hydrogens (tertiary/aromatic N) is 1. The van der Waals surface area contributed by atoms with Crippen LogP contribution in [0.25, 0.3) is 0 Å². The van der Waals surface area contributed by atoms with Gasteiger partial charge in [0.1, 0.15) is 12.1 Å². The van der Waals surface area contributed by atoms with Crippen molar-refractivity contribution in [2.45, 2.75) is 63.5 Å². The summed E-state index contributed by atoms with van der Waals surface area (Å²) in [5.41, 5.74) is -0.805. The van der Waals surface area contributed by atoms with Gasteiger partial charge in [0, 0.05) is 6.04 Å². The van der Waals surface area contributed by atoms with Gasteiger partial charge in [-0.2, -0.15) is 0 Å². The SMILES string of the molecule is C[C@]1(C2CC2)NC(=O)N(CC(=O)N[C@@H]2C[C@H]3C[C@H]2[C@@H]2CCC[C@H]32)C1=O. The first kappa shape index (κ1) is 15.6. The van der Waals surface area contributed by atoms with Crippen LogP contribution in [0, 0.1) is 29.6 Å². The molecule has 0 aromatic rings. The topological polar surface area (TPSA) is 78.5 Å². The number of urea groups is 1. The third-order valence-electron chi connectivity index (χ3n) is 7.77. The molecule has 5 aliphatic rings. The summed E-state index contributed by atoms with van der Waals surface area (Å²) in [7, 11) is 0. The summed E-state index contributed by atoms with van der Waals surface area (Å²) in [6.07, 6.45) is 8.29. The molecule has 1 heterocycles. The first-order valence-corrected chi connectivity index (χ1v) is 9.91. The summed E-state index contributed by atoms with van der Waals surface area (Å²) >= 11 is 0. The van der Waals surface area contributed by atoms with E-state index in [-0.39, 0.29) is 30.3 Å². The van der Waals surface area contributed by atoms with Crippen LogP contribution in [0.1, 0.15) is 51.9 Å². The molecule has 5 fully saturated rings. The summed E-state index contributed by atoms with van der Waals surface area (Å²) in [6, 6.07) is -0.175. The Hall–Kier alpha value is -1.59. The number of rotatable bonds is 4. The van der Waals surface area contributed by atoms with E-state index in [0.29, 0.717) is 5.92 Å². The predicted octanol–water partition coefficient (Wildman–Crippen LogP) is 1.65. The van der Waals surface area contributed by atoms with Crippen LogP contribution in [0.2, 0.25) is 0 Å². The van der Waals surface area contributed by atoms with Crippen molar-refractivity contribution in [1.82, 2.24) is 15.5 Å². The number of carbonyl (C=O) groups excluding carboxylic acids is 3. The van der Waals surface area contributed by atoms with Gasteiger partial charge < -0.3 is 10.6 Å². The third-order valence-corrected chi connectivity index (χ3v) is 7.77. The lowest BCUT2D eigenvalue weighted by atomic mass is 9.79. The molecule has 25 heavy (non-hydrogen) atoms. The standard InChI is InChI=1S/C19H27N3O3/c1-19(11-5-6-11)17(24)22(18(25)21-19)9-16(23)20-15-8-10-7-14(15)13-4-2-3-12(10)13/h10-15H,2-9H2,1H3,(H,20,23)(H,21,25)/t10-,12-,13-,14+,15-,19-/m1/s1. The number of fused-ring (bicyclic) bond motifs is 5. The van der Waals surface area contributed by atoms with Gasteiger partial charge in [-0.15, -0.1) is 0 Å². The Morgan fingerprint density at radius 2 is 1.92 bits per heavy atom. The van der Waals surface area contributed by atoms with Crippen molar-refractivity contribution in [3.63, 3.8) is 0 Å². The Kier molecular flexibility index (Phi) is 3.26. The number of imide groups is 1. The molecule has 2 N–H and O–H groups in total. The minimum Gasteiger partial charge on any atom is -0.352 e. The predicted molar refractivity (Wildman–Crippen MR) is 90.3 cm³/mol. The second-order valence-electron chi connectivity index (χ2n) is 9.13. The van der Waals surface area contributed by atoms with E-state index in [2.05, 4.69) is 10.6 Å². The fourth-order valence-corrected chi connectivity index (χ4v) is 6.43. The highest BCUT2D eigenvalue weighted by atomic mass is 16.2. The monoisotopic (exact) mass is 345 g/mol. The molecule has 0 aromatic carbocycles. The number of amides is 4. The van der Waals surface area contributed by atoms with E-state index in [1.807, 2.05) is 0 Å². The Balaban J connectivity index is 1.22. The van der Waals surface area contributed by atoms with E-state index < -0.39 is 11.6 Å². The van der Waals surface area contributed by atoms with Gasteiger partial charge in [0.05, 0.1) is 0 Å². The van der Waals surface area contributed by atoms with Gasteiger partial charge in [0.25, 0.3) is 5.91 Å². The first-order valence-electron chi connectivity index (χ1n) is 9.91. The molecule has 0 aromatic heterocycles. The van der Waals surface area contributed by atoms with Crippen LogP contribution >= 0.6 is 0 Å². The maximum Gasteiger partial charge on any atom is 0.325 e. The maximum atomic E-state index is 12.6. The summed E-state index contributed by atoms with van der Waals surface area (Å²) in [6.45, 7) is 1.65. The average Bonchev–Trinajstić information content (AvgIpc) is 2.95. The van der Waals surface area contributed by atoms with Crippen LogP contribution in [0.3, 0.4) is 0 Å². The fraction of sp³-hybridized carbons (Fsp3) is 0.842. The molecule has 4 saturated carbocycles. The Morgan fingerprint density at radius 3 is 2.68 bits per heavy atom. The van der Waals surface area contributed by atoms with Gasteiger partial charge in [-0.25, -0.2) is 4.79 Å². The van der Waals surface area contributed by atoms with E-state index in [1.165, 1.54) is 25.7 Å². The molecule has 0 spiro atoms. The zero-order valence-electron chi connectivity index (χ0n) is 14.8. The minimum absolute atomic E-state index is 0.144. The van der Waals surface area contributed by atoms with Crippen LogP contribution in [0.5, 0.6) is 0 Å². The Morgan fingerprint density at radius 1 is 1.16 bits per heavy atom. The van der Waals surface area contributed by atoms with E-state index in [4.69, 9.17) is 0 Å². The van der Waals surface area contributed by atoms with Crippen LogP contribution in [0.4, 0.5) is 4.79 Å². The van der Waals surface area contributed by atoms with Crippen molar-refractivity contribution < 1.29 is 14.4 Å². The fourth-order valence-electron chi connectivity index (χ4n) is 6.43. The van der Waals surface area contributed by atoms with Gasteiger partial charge in [0.2, 0.25) is 5.91 Å². The lowest BCUT2D eigenvalue weighted by Gasteiger charge is -2.32. The normalized spacial score (nSPS) is 45.0. The van der Waals surface area contributed by atoms with Crippen molar-refractivity contribution in [1.29, 1.82) is 0 Å². The third kappa shape index (κ3) is 2.25. The number of hydrogen-bond donors (Lipinski definition) is 2. The van der Waals surface area contributed by atoms with Gasteiger partial charge in [0.15, 0.2) is 0 Å². The number of carbonyl (C=O) groups is 3. The highest BCUT2D eigenvalue weighted by Gasteiger charge is 2.57. The van der Waals surface area contributed by atoms with Crippen LogP contribution in [0.15, 0.2) is 0 Å². The van der Waals surface area contributed by atoms with Crippen molar-refractivity contribution in [2.75, 3.05) is 6.54 Å². The first-order chi connectivity index (χ1) is 12.0. The Labute approximate surface area is 148 Å². The van der Waals surface area contributed by atoms with Crippen LogP contribution < -0.4 is 10.6 Å². The second-order valence-corrected chi connectivity index (χ2v) is 9.13. The molecule has 2 bridgehead atoms. The lowest BCUT2D eigenvalue weighted by molar-refractivity contribution is -0.135. The van der Waals surface area contributed by atoms with Crippen molar-refractivity contribution in [3.8, 4) is 0 Å². The molecule has 1 saturated heterocycles. The van der Waals surface area contributed by atoms with Gasteiger partial charge in [-0.3, -0.25) is 14.5 Å². The number of hydrogen-bond acceptors (Lipinski definition) is 3.